The molecular formula is C15H26N4O. The van der Waals surface area contributed by atoms with Crippen LogP contribution < -0.4 is 5.32 Å². The highest BCUT2D eigenvalue weighted by Crippen LogP contribution is 2.34. The van der Waals surface area contributed by atoms with Gasteiger partial charge in [-0.15, -0.1) is 0 Å². The van der Waals surface area contributed by atoms with Gasteiger partial charge in [-0.1, -0.05) is 0 Å². The first kappa shape index (κ1) is 13.9. The normalized spacial score (nSPS) is 28.3. The molecule has 0 radical (unpaired) electrons. The fourth-order valence-electron chi connectivity index (χ4n) is 3.69. The van der Waals surface area contributed by atoms with Crippen LogP contribution >= 0.6 is 0 Å². The number of piperidine rings is 1. The van der Waals surface area contributed by atoms with E-state index in [1.807, 2.05) is 6.20 Å². The standard InChI is InChI=1S/C15H26N4O/c1-12(11-20-2)17-15-16-6-9-19(15)14-5-8-18-7-3-4-13(18)10-14/h6,9,12-14H,3-5,7-8,10-11H2,1-2H3,(H,16,17). The van der Waals surface area contributed by atoms with Gasteiger partial charge >= 0.3 is 0 Å². The summed E-state index contributed by atoms with van der Waals surface area (Å²) in [6, 6.07) is 1.67. The van der Waals surface area contributed by atoms with E-state index in [0.29, 0.717) is 12.6 Å². The molecular weight excluding hydrogens is 252 g/mol. The van der Waals surface area contributed by atoms with Crippen molar-refractivity contribution in [2.75, 3.05) is 32.1 Å². The van der Waals surface area contributed by atoms with Crippen LogP contribution in [0.1, 0.15) is 38.6 Å². The number of hydrogen-bond donors (Lipinski definition) is 1. The van der Waals surface area contributed by atoms with Crippen LogP contribution in [0.5, 0.6) is 0 Å². The van der Waals surface area contributed by atoms with Gasteiger partial charge in [-0.3, -0.25) is 0 Å². The Morgan fingerprint density at radius 3 is 3.15 bits per heavy atom. The second-order valence-electron chi connectivity index (χ2n) is 6.17. The number of rotatable bonds is 5. The van der Waals surface area contributed by atoms with E-state index in [-0.39, 0.29) is 6.04 Å². The summed E-state index contributed by atoms with van der Waals surface area (Å²) >= 11 is 0. The third-order valence-corrected chi connectivity index (χ3v) is 4.65. The maximum atomic E-state index is 5.19. The van der Waals surface area contributed by atoms with E-state index in [9.17, 15) is 0 Å². The first-order chi connectivity index (χ1) is 9.78. The average molecular weight is 278 g/mol. The Labute approximate surface area is 121 Å². The van der Waals surface area contributed by atoms with Crippen molar-refractivity contribution in [3.63, 3.8) is 0 Å². The molecule has 3 unspecified atom stereocenters. The zero-order chi connectivity index (χ0) is 13.9. The van der Waals surface area contributed by atoms with Crippen LogP contribution in [0.15, 0.2) is 12.4 Å². The van der Waals surface area contributed by atoms with Gasteiger partial charge in [0.2, 0.25) is 5.95 Å². The van der Waals surface area contributed by atoms with Crippen LogP contribution in [0.4, 0.5) is 5.95 Å². The van der Waals surface area contributed by atoms with Crippen molar-refractivity contribution in [2.24, 2.45) is 0 Å². The molecule has 0 spiro atoms. The summed E-state index contributed by atoms with van der Waals surface area (Å²) in [6.07, 6.45) is 9.27. The summed E-state index contributed by atoms with van der Waals surface area (Å²) in [5, 5.41) is 3.46. The minimum atomic E-state index is 0.285. The first-order valence-electron chi connectivity index (χ1n) is 7.80. The lowest BCUT2D eigenvalue weighted by Gasteiger charge is -2.36. The summed E-state index contributed by atoms with van der Waals surface area (Å²) in [4.78, 5) is 7.14. The summed E-state index contributed by atoms with van der Waals surface area (Å²) in [7, 11) is 1.74. The minimum Gasteiger partial charge on any atom is -0.383 e. The maximum absolute atomic E-state index is 5.19. The molecule has 2 aliphatic heterocycles. The molecule has 20 heavy (non-hydrogen) atoms. The van der Waals surface area contributed by atoms with Crippen LogP contribution in [-0.4, -0.2) is 53.3 Å². The quantitative estimate of drug-likeness (QED) is 0.896. The lowest BCUT2D eigenvalue weighted by Crippen LogP contribution is -2.39. The van der Waals surface area contributed by atoms with E-state index < -0.39 is 0 Å². The van der Waals surface area contributed by atoms with Crippen molar-refractivity contribution in [3.05, 3.63) is 12.4 Å². The van der Waals surface area contributed by atoms with E-state index in [1.54, 1.807) is 7.11 Å². The molecule has 3 atom stereocenters. The van der Waals surface area contributed by atoms with E-state index >= 15 is 0 Å². The molecule has 2 saturated heterocycles. The van der Waals surface area contributed by atoms with Gasteiger partial charge in [-0.2, -0.15) is 0 Å². The Balaban J connectivity index is 1.66. The zero-order valence-corrected chi connectivity index (χ0v) is 12.6. The van der Waals surface area contributed by atoms with Crippen LogP contribution in [0.3, 0.4) is 0 Å². The Morgan fingerprint density at radius 2 is 2.30 bits per heavy atom. The lowest BCUT2D eigenvalue weighted by atomic mass is 9.97. The number of nitrogens with one attached hydrogen (secondary N) is 1. The highest BCUT2D eigenvalue weighted by Gasteiger charge is 2.32. The molecule has 0 bridgehead atoms. The zero-order valence-electron chi connectivity index (χ0n) is 12.6. The highest BCUT2D eigenvalue weighted by molar-refractivity contribution is 5.28. The van der Waals surface area contributed by atoms with E-state index in [2.05, 4.69) is 32.9 Å². The smallest absolute Gasteiger partial charge is 0.203 e. The molecule has 2 aliphatic rings. The number of anilines is 1. The van der Waals surface area contributed by atoms with Gasteiger partial charge in [0.25, 0.3) is 0 Å². The fourth-order valence-corrected chi connectivity index (χ4v) is 3.69. The highest BCUT2D eigenvalue weighted by atomic mass is 16.5. The average Bonchev–Trinajstić information content (AvgIpc) is 3.06. The molecule has 5 heteroatoms. The number of nitrogens with zero attached hydrogens (tertiary/aromatic N) is 3. The molecule has 3 rings (SSSR count). The van der Waals surface area contributed by atoms with Crippen molar-refractivity contribution < 1.29 is 4.74 Å². The van der Waals surface area contributed by atoms with Gasteiger partial charge in [0.05, 0.1) is 6.61 Å². The summed E-state index contributed by atoms with van der Waals surface area (Å²) < 4.78 is 7.52. The van der Waals surface area contributed by atoms with Crippen molar-refractivity contribution in [2.45, 2.75) is 50.7 Å². The van der Waals surface area contributed by atoms with E-state index in [4.69, 9.17) is 4.74 Å². The second-order valence-corrected chi connectivity index (χ2v) is 6.17. The third kappa shape index (κ3) is 2.83. The lowest BCUT2D eigenvalue weighted by molar-refractivity contribution is 0.156. The molecule has 1 N–H and O–H groups in total. The maximum Gasteiger partial charge on any atom is 0.203 e. The van der Waals surface area contributed by atoms with Crippen molar-refractivity contribution in [1.82, 2.24) is 14.5 Å². The van der Waals surface area contributed by atoms with E-state index in [1.165, 1.54) is 38.8 Å². The second kappa shape index (κ2) is 6.14. The van der Waals surface area contributed by atoms with Crippen LogP contribution in [0.2, 0.25) is 0 Å². The Bertz CT molecular complexity index is 433. The van der Waals surface area contributed by atoms with Crippen LogP contribution in [-0.2, 0) is 4.74 Å². The molecule has 0 aliphatic carbocycles. The van der Waals surface area contributed by atoms with Gasteiger partial charge in [0, 0.05) is 44.2 Å². The molecule has 112 valence electrons. The van der Waals surface area contributed by atoms with Crippen molar-refractivity contribution in [1.29, 1.82) is 0 Å². The first-order valence-corrected chi connectivity index (χ1v) is 7.80. The molecule has 5 nitrogen and oxygen atoms in total. The Hall–Kier alpha value is -1.07. The van der Waals surface area contributed by atoms with Gasteiger partial charge in [0.1, 0.15) is 0 Å². The summed E-state index contributed by atoms with van der Waals surface area (Å²) in [5.74, 6) is 0.992. The molecule has 0 aromatic carbocycles. The number of imidazole rings is 1. The molecule has 0 amide bonds. The van der Waals surface area contributed by atoms with Gasteiger partial charge < -0.3 is 19.5 Å². The molecule has 0 saturated carbocycles. The van der Waals surface area contributed by atoms with Crippen molar-refractivity contribution >= 4 is 5.95 Å². The molecule has 2 fully saturated rings. The molecule has 1 aromatic heterocycles. The fraction of sp³-hybridized carbons (Fsp3) is 0.800. The van der Waals surface area contributed by atoms with Crippen LogP contribution in [0, 0.1) is 0 Å². The molecule has 3 heterocycles. The van der Waals surface area contributed by atoms with E-state index in [0.717, 1.165) is 12.0 Å². The Morgan fingerprint density at radius 1 is 1.40 bits per heavy atom. The predicted octanol–water partition coefficient (Wildman–Crippen LogP) is 2.13. The summed E-state index contributed by atoms with van der Waals surface area (Å²) in [6.45, 7) is 5.37. The number of fused-ring (bicyclic) bond motifs is 1. The monoisotopic (exact) mass is 278 g/mol. The topological polar surface area (TPSA) is 42.3 Å². The minimum absolute atomic E-state index is 0.285. The number of hydrogen-bond acceptors (Lipinski definition) is 4. The largest absolute Gasteiger partial charge is 0.383 e. The SMILES string of the molecule is COCC(C)Nc1nccn1C1CCN2CCCC2C1. The molecule has 1 aromatic rings. The Kier molecular flexibility index (Phi) is 4.27. The number of methoxy groups -OCH3 is 1. The number of ether oxygens (including phenoxy) is 1. The third-order valence-electron chi connectivity index (χ3n) is 4.65. The van der Waals surface area contributed by atoms with Crippen LogP contribution in [0.25, 0.3) is 0 Å². The van der Waals surface area contributed by atoms with Crippen molar-refractivity contribution in [3.8, 4) is 0 Å². The number of aromatic nitrogens is 2. The predicted molar refractivity (Wildman–Crippen MR) is 80.1 cm³/mol. The van der Waals surface area contributed by atoms with Gasteiger partial charge in [-0.25, -0.2) is 4.98 Å². The summed E-state index contributed by atoms with van der Waals surface area (Å²) in [5.41, 5.74) is 0. The van der Waals surface area contributed by atoms with Gasteiger partial charge in [-0.05, 0) is 39.2 Å². The van der Waals surface area contributed by atoms with Gasteiger partial charge in [0.15, 0.2) is 0 Å².